The Labute approximate surface area is 110 Å². The van der Waals surface area contributed by atoms with Crippen molar-refractivity contribution in [3.8, 4) is 0 Å². The average Bonchev–Trinajstić information content (AvgIpc) is 2.40. The lowest BCUT2D eigenvalue weighted by Crippen LogP contribution is -2.41. The summed E-state index contributed by atoms with van der Waals surface area (Å²) in [6.07, 6.45) is 2.74. The topological polar surface area (TPSA) is 57.2 Å². The van der Waals surface area contributed by atoms with E-state index >= 15 is 0 Å². The lowest BCUT2D eigenvalue weighted by atomic mass is 10.0. The van der Waals surface area contributed by atoms with E-state index in [1.165, 1.54) is 13.2 Å². The Hall–Kier alpha value is -0.460. The van der Waals surface area contributed by atoms with E-state index in [-0.39, 0.29) is 19.7 Å². The number of unbranched alkanes of at least 4 members (excludes halogenated alkanes) is 1. The molecule has 0 unspecified atom stereocenters. The maximum absolute atomic E-state index is 9.89. The van der Waals surface area contributed by atoms with E-state index in [9.17, 15) is 5.11 Å². The number of aliphatic hydroxyl groups excluding tert-OH is 1. The number of methoxy groups -OCH3 is 2. The summed E-state index contributed by atoms with van der Waals surface area (Å²) in [7, 11) is 3.10. The zero-order chi connectivity index (χ0) is 13.8. The van der Waals surface area contributed by atoms with E-state index in [0.29, 0.717) is 0 Å². The highest BCUT2D eigenvalue weighted by Crippen LogP contribution is 2.16. The second kappa shape index (κ2) is 11.6. The van der Waals surface area contributed by atoms with Crippen molar-refractivity contribution in [3.63, 3.8) is 0 Å². The molecule has 108 valence electrons. The summed E-state index contributed by atoms with van der Waals surface area (Å²) in [5, 5.41) is 9.89. The molecule has 0 amide bonds. The van der Waals surface area contributed by atoms with Gasteiger partial charge in [-0.3, -0.25) is 0 Å². The minimum atomic E-state index is -0.793. The van der Waals surface area contributed by atoms with Gasteiger partial charge in [0, 0.05) is 14.2 Å². The van der Waals surface area contributed by atoms with E-state index in [2.05, 4.69) is 13.5 Å². The fraction of sp³-hybridized carbons (Fsp3) is 0.846. The van der Waals surface area contributed by atoms with Crippen LogP contribution in [0.5, 0.6) is 0 Å². The van der Waals surface area contributed by atoms with Gasteiger partial charge in [0.25, 0.3) is 0 Å². The zero-order valence-corrected chi connectivity index (χ0v) is 11.6. The summed E-state index contributed by atoms with van der Waals surface area (Å²) < 4.78 is 20.8. The molecule has 0 aromatic rings. The van der Waals surface area contributed by atoms with Crippen molar-refractivity contribution in [2.75, 3.05) is 27.8 Å². The largest absolute Gasteiger partial charge is 0.386 e. The van der Waals surface area contributed by atoms with Gasteiger partial charge in [-0.05, 0) is 6.42 Å². The minimum absolute atomic E-state index is 0.106. The van der Waals surface area contributed by atoms with Gasteiger partial charge in [-0.15, -0.1) is 6.58 Å². The van der Waals surface area contributed by atoms with Crippen LogP contribution in [0.1, 0.15) is 26.2 Å². The van der Waals surface area contributed by atoms with Crippen LogP contribution in [0.25, 0.3) is 0 Å². The van der Waals surface area contributed by atoms with Gasteiger partial charge in [-0.2, -0.15) is 0 Å². The second-order valence-corrected chi connectivity index (χ2v) is 4.02. The van der Waals surface area contributed by atoms with Crippen LogP contribution in [-0.2, 0) is 18.9 Å². The number of hydrogen-bond acceptors (Lipinski definition) is 5. The summed E-state index contributed by atoms with van der Waals surface area (Å²) >= 11 is 0. The van der Waals surface area contributed by atoms with Gasteiger partial charge >= 0.3 is 0 Å². The van der Waals surface area contributed by atoms with Crippen LogP contribution >= 0.6 is 0 Å². The van der Waals surface area contributed by atoms with Gasteiger partial charge in [0.15, 0.2) is 0 Å². The van der Waals surface area contributed by atoms with Crippen molar-refractivity contribution >= 4 is 0 Å². The summed E-state index contributed by atoms with van der Waals surface area (Å²) in [5.74, 6) is 0. The van der Waals surface area contributed by atoms with E-state index in [4.69, 9.17) is 18.9 Å². The molecule has 5 heteroatoms. The molecule has 0 rings (SSSR count). The van der Waals surface area contributed by atoms with Crippen molar-refractivity contribution in [2.45, 2.75) is 44.5 Å². The Kier molecular flexibility index (Phi) is 11.3. The molecule has 0 heterocycles. The lowest BCUT2D eigenvalue weighted by Gasteiger charge is -2.29. The van der Waals surface area contributed by atoms with Crippen LogP contribution in [0.3, 0.4) is 0 Å². The highest BCUT2D eigenvalue weighted by Gasteiger charge is 2.28. The van der Waals surface area contributed by atoms with E-state index in [1.807, 2.05) is 0 Å². The quantitative estimate of drug-likeness (QED) is 0.428. The third-order valence-electron chi connectivity index (χ3n) is 2.57. The molecule has 0 radical (unpaired) electrons. The van der Waals surface area contributed by atoms with Gasteiger partial charge < -0.3 is 24.1 Å². The molecular formula is C13H26O5. The van der Waals surface area contributed by atoms with Crippen LogP contribution in [0.2, 0.25) is 0 Å². The van der Waals surface area contributed by atoms with Crippen LogP contribution in [0, 0.1) is 0 Å². The van der Waals surface area contributed by atoms with Crippen molar-refractivity contribution in [1.29, 1.82) is 0 Å². The molecule has 1 N–H and O–H groups in total. The van der Waals surface area contributed by atoms with Crippen molar-refractivity contribution in [2.24, 2.45) is 0 Å². The molecule has 0 aromatic heterocycles. The minimum Gasteiger partial charge on any atom is -0.386 e. The molecular weight excluding hydrogens is 236 g/mol. The van der Waals surface area contributed by atoms with Crippen LogP contribution in [0.15, 0.2) is 12.7 Å². The molecule has 0 aliphatic heterocycles. The number of aliphatic hydroxyl groups is 1. The molecule has 18 heavy (non-hydrogen) atoms. The smallest absolute Gasteiger partial charge is 0.146 e. The van der Waals surface area contributed by atoms with Crippen LogP contribution < -0.4 is 0 Å². The van der Waals surface area contributed by atoms with Crippen molar-refractivity contribution in [1.82, 2.24) is 0 Å². The summed E-state index contributed by atoms with van der Waals surface area (Å²) in [6, 6.07) is 0. The van der Waals surface area contributed by atoms with Gasteiger partial charge in [0.2, 0.25) is 0 Å². The molecule has 0 aliphatic carbocycles. The fourth-order valence-corrected chi connectivity index (χ4v) is 1.61. The van der Waals surface area contributed by atoms with Gasteiger partial charge in [-0.25, -0.2) is 0 Å². The molecule has 0 fully saturated rings. The first-order valence-electron chi connectivity index (χ1n) is 6.22. The fourth-order valence-electron chi connectivity index (χ4n) is 1.61. The molecule has 0 saturated heterocycles. The molecule has 0 spiro atoms. The SMILES string of the molecule is C=C[C@@H](O)[C@H](OCOC)[C@H](CCCC)OCOC. The highest BCUT2D eigenvalue weighted by molar-refractivity contribution is 4.89. The lowest BCUT2D eigenvalue weighted by molar-refractivity contribution is -0.179. The van der Waals surface area contributed by atoms with E-state index in [1.54, 1.807) is 7.11 Å². The first kappa shape index (κ1) is 17.5. The molecule has 0 bridgehead atoms. The summed E-state index contributed by atoms with van der Waals surface area (Å²) in [5.41, 5.74) is 0. The molecule has 0 aromatic carbocycles. The normalized spacial score (nSPS) is 16.2. The first-order chi connectivity index (χ1) is 8.71. The Bertz CT molecular complexity index is 190. The van der Waals surface area contributed by atoms with Gasteiger partial charge in [-0.1, -0.05) is 25.8 Å². The first-order valence-corrected chi connectivity index (χ1v) is 6.22. The number of rotatable bonds is 12. The maximum atomic E-state index is 9.89. The predicted octanol–water partition coefficient (Wildman–Crippen LogP) is 1.70. The Balaban J connectivity index is 4.52. The third kappa shape index (κ3) is 7.08. The Morgan fingerprint density at radius 3 is 2.28 bits per heavy atom. The second-order valence-electron chi connectivity index (χ2n) is 4.02. The summed E-state index contributed by atoms with van der Waals surface area (Å²) in [4.78, 5) is 0. The van der Waals surface area contributed by atoms with Gasteiger partial charge in [0.05, 0.1) is 6.10 Å². The van der Waals surface area contributed by atoms with Crippen molar-refractivity contribution in [3.05, 3.63) is 12.7 Å². The predicted molar refractivity (Wildman–Crippen MR) is 69.2 cm³/mol. The number of hydrogen-bond donors (Lipinski definition) is 1. The average molecular weight is 262 g/mol. The summed E-state index contributed by atoms with van der Waals surface area (Å²) in [6.45, 7) is 5.95. The third-order valence-corrected chi connectivity index (χ3v) is 2.57. The van der Waals surface area contributed by atoms with E-state index in [0.717, 1.165) is 19.3 Å². The highest BCUT2D eigenvalue weighted by atomic mass is 16.7. The molecule has 3 atom stereocenters. The van der Waals surface area contributed by atoms with Gasteiger partial charge in [0.1, 0.15) is 25.8 Å². The standard InChI is InChI=1S/C13H26O5/c1-5-7-8-12(17-9-15-3)13(11(14)6-2)18-10-16-4/h6,11-14H,2,5,7-10H2,1,3-4H3/t11-,12+,13+/m1/s1. The van der Waals surface area contributed by atoms with Crippen molar-refractivity contribution < 1.29 is 24.1 Å². The monoisotopic (exact) mass is 262 g/mol. The Morgan fingerprint density at radius 2 is 1.78 bits per heavy atom. The van der Waals surface area contributed by atoms with Crippen LogP contribution in [0.4, 0.5) is 0 Å². The number of ether oxygens (including phenoxy) is 4. The molecule has 0 aliphatic rings. The van der Waals surface area contributed by atoms with E-state index < -0.39 is 12.2 Å². The van der Waals surface area contributed by atoms with Crippen LogP contribution in [-0.4, -0.2) is 51.2 Å². The zero-order valence-electron chi connectivity index (χ0n) is 11.6. The molecule has 5 nitrogen and oxygen atoms in total. The maximum Gasteiger partial charge on any atom is 0.146 e. The Morgan fingerprint density at radius 1 is 1.17 bits per heavy atom. The molecule has 0 saturated carbocycles.